The largest absolute Gasteiger partial charge is 0.493 e. The van der Waals surface area contributed by atoms with Gasteiger partial charge in [-0.25, -0.2) is 5.01 Å². The van der Waals surface area contributed by atoms with E-state index in [2.05, 4.69) is 53.7 Å². The summed E-state index contributed by atoms with van der Waals surface area (Å²) in [5.74, 6) is 1.81. The molecular weight excluding hydrogens is 380 g/mol. The smallest absolute Gasteiger partial charge is 0.217 e. The van der Waals surface area contributed by atoms with Crippen molar-refractivity contribution in [2.24, 2.45) is 5.10 Å². The summed E-state index contributed by atoms with van der Waals surface area (Å²) in [6.07, 6.45) is 2.73. The summed E-state index contributed by atoms with van der Waals surface area (Å²) in [6, 6.07) is 20.9. The van der Waals surface area contributed by atoms with Crippen LogP contribution < -0.4 is 9.47 Å². The quantitative estimate of drug-likeness (QED) is 0.461. The topological polar surface area (TPSA) is 34.1 Å². The van der Waals surface area contributed by atoms with E-state index in [4.69, 9.17) is 14.6 Å². The minimum atomic E-state index is -0.301. The number of unbranched alkanes of at least 4 members (excludes halogenated alkanes) is 1. The highest BCUT2D eigenvalue weighted by Gasteiger charge is 2.41. The van der Waals surface area contributed by atoms with Crippen LogP contribution in [0.3, 0.4) is 0 Å². The highest BCUT2D eigenvalue weighted by atomic mass is 32.1. The standard InChI is InChI=1S/C24H24N2O2S/c1-2-3-14-27-21-11-6-5-10-18(21)24-26-20(17-9-4-7-12-22(17)28-24)16-19(25-26)23-13-8-15-29-23/h4-13,15,20,24H,2-3,14,16H2,1H3. The van der Waals surface area contributed by atoms with Crippen molar-refractivity contribution >= 4 is 17.0 Å². The number of hydrogen-bond donors (Lipinski definition) is 0. The van der Waals surface area contributed by atoms with Gasteiger partial charge in [-0.1, -0.05) is 49.7 Å². The monoisotopic (exact) mass is 404 g/mol. The van der Waals surface area contributed by atoms with Gasteiger partial charge >= 0.3 is 0 Å². The van der Waals surface area contributed by atoms with Crippen LogP contribution in [0.25, 0.3) is 0 Å². The summed E-state index contributed by atoms with van der Waals surface area (Å²) in [4.78, 5) is 1.23. The molecule has 0 saturated carbocycles. The lowest BCUT2D eigenvalue weighted by Crippen LogP contribution is -2.34. The van der Waals surface area contributed by atoms with E-state index < -0.39 is 0 Å². The lowest BCUT2D eigenvalue weighted by Gasteiger charge is -2.38. The Morgan fingerprint density at radius 1 is 1.07 bits per heavy atom. The second-order valence-electron chi connectivity index (χ2n) is 7.37. The van der Waals surface area contributed by atoms with Gasteiger partial charge in [0.25, 0.3) is 0 Å². The van der Waals surface area contributed by atoms with Crippen LogP contribution in [0.4, 0.5) is 0 Å². The lowest BCUT2D eigenvalue weighted by molar-refractivity contribution is -0.0206. The SMILES string of the molecule is CCCCOc1ccccc1C1Oc2ccccc2C2CC(c3cccs3)=NN21. The Labute approximate surface area is 175 Å². The molecule has 2 aromatic carbocycles. The molecule has 1 aromatic heterocycles. The molecule has 29 heavy (non-hydrogen) atoms. The Kier molecular flexibility index (Phi) is 4.98. The van der Waals surface area contributed by atoms with E-state index in [1.807, 2.05) is 24.3 Å². The first-order valence-corrected chi connectivity index (χ1v) is 11.1. The van der Waals surface area contributed by atoms with Gasteiger partial charge in [0.1, 0.15) is 11.5 Å². The van der Waals surface area contributed by atoms with E-state index in [9.17, 15) is 0 Å². The van der Waals surface area contributed by atoms with E-state index in [1.165, 1.54) is 10.4 Å². The first-order chi connectivity index (χ1) is 14.3. The van der Waals surface area contributed by atoms with Gasteiger partial charge in [-0.3, -0.25) is 0 Å². The Bertz CT molecular complexity index is 1020. The molecule has 3 aromatic rings. The molecule has 2 aliphatic heterocycles. The minimum absolute atomic E-state index is 0.172. The fourth-order valence-electron chi connectivity index (χ4n) is 3.97. The van der Waals surface area contributed by atoms with Crippen molar-refractivity contribution in [3.63, 3.8) is 0 Å². The molecule has 148 valence electrons. The Morgan fingerprint density at radius 3 is 2.72 bits per heavy atom. The van der Waals surface area contributed by atoms with Crippen molar-refractivity contribution in [1.82, 2.24) is 5.01 Å². The molecule has 0 bridgehead atoms. The van der Waals surface area contributed by atoms with Crippen LogP contribution >= 0.6 is 11.3 Å². The van der Waals surface area contributed by atoms with Gasteiger partial charge in [0.2, 0.25) is 6.23 Å². The fraction of sp³-hybridized carbons (Fsp3) is 0.292. The third-order valence-corrected chi connectivity index (χ3v) is 6.36. The summed E-state index contributed by atoms with van der Waals surface area (Å²) in [5.41, 5.74) is 3.35. The minimum Gasteiger partial charge on any atom is -0.493 e. The molecule has 2 aliphatic rings. The number of hydrazone groups is 1. The van der Waals surface area contributed by atoms with Crippen molar-refractivity contribution in [2.75, 3.05) is 6.61 Å². The van der Waals surface area contributed by atoms with Crippen LogP contribution in [0, 0.1) is 0 Å². The second-order valence-corrected chi connectivity index (χ2v) is 8.32. The average Bonchev–Trinajstić information content (AvgIpc) is 3.44. The number of nitrogens with zero attached hydrogens (tertiary/aromatic N) is 2. The third-order valence-electron chi connectivity index (χ3n) is 5.45. The molecule has 5 rings (SSSR count). The number of fused-ring (bicyclic) bond motifs is 3. The second kappa shape index (κ2) is 7.91. The van der Waals surface area contributed by atoms with Crippen LogP contribution in [-0.2, 0) is 0 Å². The molecule has 5 heteroatoms. The van der Waals surface area contributed by atoms with Crippen molar-refractivity contribution in [1.29, 1.82) is 0 Å². The van der Waals surface area contributed by atoms with Gasteiger partial charge in [0.05, 0.1) is 28.8 Å². The first-order valence-electron chi connectivity index (χ1n) is 10.2. The van der Waals surface area contributed by atoms with Crippen molar-refractivity contribution < 1.29 is 9.47 Å². The van der Waals surface area contributed by atoms with Crippen LogP contribution in [-0.4, -0.2) is 17.3 Å². The molecule has 2 unspecified atom stereocenters. The summed E-state index contributed by atoms with van der Waals surface area (Å²) in [7, 11) is 0. The Hall–Kier alpha value is -2.79. The van der Waals surface area contributed by atoms with Gasteiger partial charge in [-0.05, 0) is 36.1 Å². The predicted molar refractivity (Wildman–Crippen MR) is 117 cm³/mol. The summed E-state index contributed by atoms with van der Waals surface area (Å²) >= 11 is 1.74. The summed E-state index contributed by atoms with van der Waals surface area (Å²) < 4.78 is 12.6. The highest BCUT2D eigenvalue weighted by molar-refractivity contribution is 7.12. The Morgan fingerprint density at radius 2 is 1.90 bits per heavy atom. The lowest BCUT2D eigenvalue weighted by atomic mass is 9.97. The molecule has 4 nitrogen and oxygen atoms in total. The maximum Gasteiger partial charge on any atom is 0.217 e. The predicted octanol–water partition coefficient (Wildman–Crippen LogP) is 6.17. The van der Waals surface area contributed by atoms with E-state index >= 15 is 0 Å². The van der Waals surface area contributed by atoms with E-state index in [-0.39, 0.29) is 12.3 Å². The highest BCUT2D eigenvalue weighted by Crippen LogP contribution is 2.48. The molecule has 0 fully saturated rings. The van der Waals surface area contributed by atoms with Crippen molar-refractivity contribution in [3.05, 3.63) is 82.0 Å². The molecule has 0 radical (unpaired) electrons. The normalized spacial score (nSPS) is 19.9. The van der Waals surface area contributed by atoms with Crippen LogP contribution in [0.15, 0.2) is 71.1 Å². The van der Waals surface area contributed by atoms with E-state index in [0.717, 1.165) is 42.0 Å². The molecule has 0 aliphatic carbocycles. The first kappa shape index (κ1) is 18.3. The fourth-order valence-corrected chi connectivity index (χ4v) is 4.69. The van der Waals surface area contributed by atoms with Gasteiger partial charge in [-0.15, -0.1) is 11.3 Å². The average molecular weight is 405 g/mol. The number of hydrogen-bond acceptors (Lipinski definition) is 5. The van der Waals surface area contributed by atoms with Crippen molar-refractivity contribution in [2.45, 2.75) is 38.5 Å². The summed E-state index contributed by atoms with van der Waals surface area (Å²) in [5, 5.41) is 9.26. The number of benzene rings is 2. The maximum absolute atomic E-state index is 6.49. The van der Waals surface area contributed by atoms with Gasteiger partial charge in [0.15, 0.2) is 0 Å². The van der Waals surface area contributed by atoms with Crippen molar-refractivity contribution in [3.8, 4) is 11.5 Å². The van der Waals surface area contributed by atoms with Gasteiger partial charge in [0, 0.05) is 12.0 Å². The Balaban J connectivity index is 1.55. The molecule has 0 N–H and O–H groups in total. The number of thiophene rings is 1. The van der Waals surface area contributed by atoms with Gasteiger partial charge < -0.3 is 9.47 Å². The molecule has 0 amide bonds. The van der Waals surface area contributed by atoms with Gasteiger partial charge in [-0.2, -0.15) is 5.10 Å². The van der Waals surface area contributed by atoms with Crippen LogP contribution in [0.1, 0.15) is 54.5 Å². The molecular formula is C24H24N2O2S. The number of rotatable bonds is 6. The zero-order valence-electron chi connectivity index (χ0n) is 16.5. The molecule has 2 atom stereocenters. The zero-order chi connectivity index (χ0) is 19.6. The van der Waals surface area contributed by atoms with E-state index in [0.29, 0.717) is 6.61 Å². The third kappa shape index (κ3) is 3.40. The molecule has 3 heterocycles. The maximum atomic E-state index is 6.49. The molecule has 0 spiro atoms. The van der Waals surface area contributed by atoms with E-state index in [1.54, 1.807) is 11.3 Å². The summed E-state index contributed by atoms with van der Waals surface area (Å²) in [6.45, 7) is 2.88. The molecule has 0 saturated heterocycles. The number of para-hydroxylation sites is 2. The van der Waals surface area contributed by atoms with Crippen LogP contribution in [0.5, 0.6) is 11.5 Å². The van der Waals surface area contributed by atoms with Crippen LogP contribution in [0.2, 0.25) is 0 Å². The zero-order valence-corrected chi connectivity index (χ0v) is 17.3. The number of ether oxygens (including phenoxy) is 2.